The Morgan fingerprint density at radius 3 is 2.26 bits per heavy atom. The Balaban J connectivity index is 1.54. The van der Waals surface area contributed by atoms with Gasteiger partial charge in [-0.15, -0.1) is 0 Å². The van der Waals surface area contributed by atoms with Gasteiger partial charge in [0.1, 0.15) is 0 Å². The summed E-state index contributed by atoms with van der Waals surface area (Å²) in [6, 6.07) is 30.1. The highest BCUT2D eigenvalue weighted by Gasteiger charge is 2.16. The lowest BCUT2D eigenvalue weighted by Gasteiger charge is -2.25. The van der Waals surface area contributed by atoms with Crippen molar-refractivity contribution in [2.45, 2.75) is 11.4 Å². The third kappa shape index (κ3) is 6.55. The van der Waals surface area contributed by atoms with Crippen molar-refractivity contribution in [3.05, 3.63) is 114 Å². The van der Waals surface area contributed by atoms with Crippen LogP contribution in [0.4, 0.5) is 11.4 Å². The Kier molecular flexibility index (Phi) is 8.05. The van der Waals surface area contributed by atoms with Gasteiger partial charge in [0.25, 0.3) is 0 Å². The van der Waals surface area contributed by atoms with Crippen LogP contribution in [0, 0.1) is 0 Å². The number of amides is 1. The first-order chi connectivity index (χ1) is 18.2. The summed E-state index contributed by atoms with van der Waals surface area (Å²) in [4.78, 5) is 15.0. The molecule has 4 rings (SSSR count). The fraction of sp³-hybridized carbons (Fsp3) is 0.0714. The summed E-state index contributed by atoms with van der Waals surface area (Å²) >= 11 is 0. The molecule has 0 atom stereocenters. The van der Waals surface area contributed by atoms with Crippen molar-refractivity contribution in [2.75, 3.05) is 16.8 Å². The number of nitrogens with zero attached hydrogens (tertiary/aromatic N) is 2. The zero-order valence-corrected chi connectivity index (χ0v) is 21.2. The number of nitrogens with one attached hydrogen (secondary N) is 1. The Labute approximate surface area is 221 Å². The van der Waals surface area contributed by atoms with E-state index in [0.717, 1.165) is 11.3 Å². The minimum absolute atomic E-state index is 0.0277. The second-order valence-corrected chi connectivity index (χ2v) is 10.1. The Morgan fingerprint density at radius 1 is 0.895 bits per heavy atom. The summed E-state index contributed by atoms with van der Waals surface area (Å²) < 4.78 is 23.9. The zero-order valence-electron chi connectivity index (χ0n) is 20.4. The van der Waals surface area contributed by atoms with Gasteiger partial charge in [-0.2, -0.15) is 0 Å². The van der Waals surface area contributed by atoms with E-state index in [9.17, 15) is 13.2 Å². The standard InChI is InChI=1S/C28H27N5O4S/c29-28(32-35)22-9-6-10-24(17-22)33(18-20-7-2-1-3-8-20)19-27(34)31-23-15-13-21(14-16-23)25-11-4-5-12-26(25)38(30,36)37/h1-17,35H,18-19H2,(H2,29,32)(H,31,34)(H2,30,36,37). The highest BCUT2D eigenvalue weighted by atomic mass is 32.2. The van der Waals surface area contributed by atoms with Crippen LogP contribution >= 0.6 is 0 Å². The van der Waals surface area contributed by atoms with Crippen LogP contribution in [-0.4, -0.2) is 31.9 Å². The van der Waals surface area contributed by atoms with Gasteiger partial charge < -0.3 is 21.2 Å². The average molecular weight is 530 g/mol. The molecule has 10 heteroatoms. The predicted octanol–water partition coefficient (Wildman–Crippen LogP) is 3.74. The second kappa shape index (κ2) is 11.6. The van der Waals surface area contributed by atoms with Gasteiger partial charge in [0, 0.05) is 29.0 Å². The van der Waals surface area contributed by atoms with E-state index in [1.165, 1.54) is 6.07 Å². The molecule has 0 saturated carbocycles. The third-order valence-corrected chi connectivity index (χ3v) is 6.81. The molecule has 0 spiro atoms. The van der Waals surface area contributed by atoms with Gasteiger partial charge in [0.2, 0.25) is 15.9 Å². The number of benzene rings is 4. The summed E-state index contributed by atoms with van der Waals surface area (Å²) in [5.74, 6) is -0.284. The van der Waals surface area contributed by atoms with Crippen molar-refractivity contribution in [1.29, 1.82) is 0 Å². The van der Waals surface area contributed by atoms with Crippen LogP contribution in [-0.2, 0) is 21.4 Å². The Morgan fingerprint density at radius 2 is 1.58 bits per heavy atom. The minimum atomic E-state index is -3.89. The molecule has 4 aromatic rings. The van der Waals surface area contributed by atoms with Crippen LogP contribution in [0.15, 0.2) is 113 Å². The first kappa shape index (κ1) is 26.4. The first-order valence-corrected chi connectivity index (χ1v) is 13.2. The molecule has 0 bridgehead atoms. The summed E-state index contributed by atoms with van der Waals surface area (Å²) in [6.07, 6.45) is 0. The number of anilines is 2. The number of oxime groups is 1. The van der Waals surface area contributed by atoms with E-state index in [-0.39, 0.29) is 23.2 Å². The van der Waals surface area contributed by atoms with Crippen LogP contribution in [0.3, 0.4) is 0 Å². The molecule has 38 heavy (non-hydrogen) atoms. The molecule has 1 amide bonds. The number of amidine groups is 1. The number of carbonyl (C=O) groups is 1. The normalized spacial score (nSPS) is 11.7. The van der Waals surface area contributed by atoms with E-state index >= 15 is 0 Å². The van der Waals surface area contributed by atoms with Crippen molar-refractivity contribution in [3.8, 4) is 11.1 Å². The number of primary sulfonamides is 1. The maximum atomic E-state index is 13.1. The number of sulfonamides is 1. The molecule has 0 saturated heterocycles. The molecule has 0 aliphatic carbocycles. The van der Waals surface area contributed by atoms with Crippen LogP contribution in [0.5, 0.6) is 0 Å². The van der Waals surface area contributed by atoms with Gasteiger partial charge in [0.15, 0.2) is 5.84 Å². The molecule has 6 N–H and O–H groups in total. The fourth-order valence-corrected chi connectivity index (χ4v) is 4.78. The number of rotatable bonds is 9. The second-order valence-electron chi connectivity index (χ2n) is 8.54. The third-order valence-electron chi connectivity index (χ3n) is 5.84. The number of hydrogen-bond donors (Lipinski definition) is 4. The summed E-state index contributed by atoms with van der Waals surface area (Å²) in [6.45, 7) is 0.488. The molecule has 194 valence electrons. The topological polar surface area (TPSA) is 151 Å². The van der Waals surface area contributed by atoms with Gasteiger partial charge in [-0.1, -0.05) is 78.0 Å². The monoisotopic (exact) mass is 529 g/mol. The van der Waals surface area contributed by atoms with Crippen LogP contribution in [0.1, 0.15) is 11.1 Å². The van der Waals surface area contributed by atoms with Crippen molar-refractivity contribution < 1.29 is 18.4 Å². The molecule has 0 aromatic heterocycles. The van der Waals surface area contributed by atoms with Gasteiger partial charge >= 0.3 is 0 Å². The number of nitrogens with two attached hydrogens (primary N) is 2. The van der Waals surface area contributed by atoms with E-state index in [4.69, 9.17) is 16.1 Å². The van der Waals surface area contributed by atoms with E-state index in [2.05, 4.69) is 10.5 Å². The molecule has 0 aliphatic rings. The van der Waals surface area contributed by atoms with Gasteiger partial charge in [0.05, 0.1) is 11.4 Å². The lowest BCUT2D eigenvalue weighted by atomic mass is 10.1. The average Bonchev–Trinajstić information content (AvgIpc) is 2.93. The molecule has 9 nitrogen and oxygen atoms in total. The molecule has 0 radical (unpaired) electrons. The molecular formula is C28H27N5O4S. The van der Waals surface area contributed by atoms with Crippen LogP contribution < -0.4 is 21.1 Å². The lowest BCUT2D eigenvalue weighted by molar-refractivity contribution is -0.115. The Bertz CT molecular complexity index is 1560. The molecule has 0 unspecified atom stereocenters. The van der Waals surface area contributed by atoms with Gasteiger partial charge in [-0.05, 0) is 41.5 Å². The first-order valence-electron chi connectivity index (χ1n) is 11.6. The summed E-state index contributed by atoms with van der Waals surface area (Å²) in [5, 5.41) is 20.4. The maximum Gasteiger partial charge on any atom is 0.243 e. The van der Waals surface area contributed by atoms with Crippen molar-refractivity contribution >= 4 is 33.1 Å². The Hall–Kier alpha value is -4.67. The minimum Gasteiger partial charge on any atom is -0.409 e. The van der Waals surface area contributed by atoms with Crippen LogP contribution in [0.25, 0.3) is 11.1 Å². The van der Waals surface area contributed by atoms with E-state index in [1.807, 2.05) is 41.3 Å². The largest absolute Gasteiger partial charge is 0.409 e. The van der Waals surface area contributed by atoms with Crippen molar-refractivity contribution in [1.82, 2.24) is 0 Å². The van der Waals surface area contributed by atoms with E-state index in [0.29, 0.717) is 28.9 Å². The highest BCUT2D eigenvalue weighted by molar-refractivity contribution is 7.89. The molecule has 0 heterocycles. The number of carbonyl (C=O) groups excluding carboxylic acids is 1. The predicted molar refractivity (Wildman–Crippen MR) is 148 cm³/mol. The van der Waals surface area contributed by atoms with Crippen LogP contribution in [0.2, 0.25) is 0 Å². The van der Waals surface area contributed by atoms with Gasteiger partial charge in [-0.3, -0.25) is 4.79 Å². The maximum absolute atomic E-state index is 13.1. The quantitative estimate of drug-likeness (QED) is 0.112. The molecule has 0 aliphatic heterocycles. The fourth-order valence-electron chi connectivity index (χ4n) is 4.02. The lowest BCUT2D eigenvalue weighted by Crippen LogP contribution is -2.33. The van der Waals surface area contributed by atoms with Crippen molar-refractivity contribution in [2.24, 2.45) is 16.0 Å². The highest BCUT2D eigenvalue weighted by Crippen LogP contribution is 2.27. The SMILES string of the molecule is NC(=NO)c1cccc(N(CC(=O)Nc2ccc(-c3ccccc3S(N)(=O)=O)cc2)Cc2ccccc2)c1. The zero-order chi connectivity index (χ0) is 27.1. The summed E-state index contributed by atoms with van der Waals surface area (Å²) in [5.41, 5.74) is 9.71. The van der Waals surface area contributed by atoms with Gasteiger partial charge in [-0.25, -0.2) is 13.6 Å². The molecular weight excluding hydrogens is 502 g/mol. The van der Waals surface area contributed by atoms with E-state index < -0.39 is 10.0 Å². The van der Waals surface area contributed by atoms with E-state index in [1.54, 1.807) is 60.7 Å². The van der Waals surface area contributed by atoms with Crippen molar-refractivity contribution in [3.63, 3.8) is 0 Å². The number of hydrogen-bond acceptors (Lipinski definition) is 6. The molecule has 0 fully saturated rings. The smallest absolute Gasteiger partial charge is 0.243 e. The summed E-state index contributed by atoms with van der Waals surface area (Å²) in [7, 11) is -3.89. The molecule has 4 aromatic carbocycles.